The number of hydrogen-bond acceptors (Lipinski definition) is 3. The van der Waals surface area contributed by atoms with Gasteiger partial charge in [0.1, 0.15) is 11.8 Å². The number of carbonyl (C=O) groups is 2. The lowest BCUT2D eigenvalue weighted by molar-refractivity contribution is -0.925. The standard InChI is InChI=1S/C17H23N3O3/c1-2-23-15-7-3-12(4-8-15)19-17(22)11-20-13-5-6-14(20)10-18-16(21)9-13/h3-4,7-8,13-14H,2,5-6,9-11H2,1H3,(H,18,21)(H,19,22)/p+1/t13-,14+/m0/s1. The van der Waals surface area contributed by atoms with Crippen molar-refractivity contribution in [3.05, 3.63) is 24.3 Å². The number of amides is 2. The summed E-state index contributed by atoms with van der Waals surface area (Å²) in [6, 6.07) is 8.03. The Balaban J connectivity index is 1.57. The van der Waals surface area contributed by atoms with Crippen LogP contribution < -0.4 is 20.3 Å². The molecular weight excluding hydrogens is 294 g/mol. The van der Waals surface area contributed by atoms with Gasteiger partial charge in [0.15, 0.2) is 6.54 Å². The highest BCUT2D eigenvalue weighted by Gasteiger charge is 2.42. The lowest BCUT2D eigenvalue weighted by Gasteiger charge is -2.23. The molecule has 2 amide bonds. The molecule has 2 heterocycles. The number of carbonyl (C=O) groups excluding carboxylic acids is 2. The molecule has 1 unspecified atom stereocenters. The van der Waals surface area contributed by atoms with Gasteiger partial charge >= 0.3 is 0 Å². The first-order valence-corrected chi connectivity index (χ1v) is 8.30. The Bertz CT molecular complexity index is 573. The summed E-state index contributed by atoms with van der Waals surface area (Å²) in [5.74, 6) is 0.906. The first-order chi connectivity index (χ1) is 11.2. The number of quaternary nitrogens is 1. The normalized spacial score (nSPS) is 26.3. The summed E-state index contributed by atoms with van der Waals surface area (Å²) in [7, 11) is 0. The molecule has 2 saturated heterocycles. The third-order valence-electron chi connectivity index (χ3n) is 4.70. The Labute approximate surface area is 136 Å². The Morgan fingerprint density at radius 2 is 2.04 bits per heavy atom. The van der Waals surface area contributed by atoms with Crippen molar-refractivity contribution in [3.8, 4) is 5.75 Å². The summed E-state index contributed by atoms with van der Waals surface area (Å²) in [5.41, 5.74) is 0.772. The van der Waals surface area contributed by atoms with E-state index in [0.717, 1.165) is 24.3 Å². The third kappa shape index (κ3) is 3.82. The molecule has 2 fully saturated rings. The molecule has 23 heavy (non-hydrogen) atoms. The maximum atomic E-state index is 12.3. The number of anilines is 1. The van der Waals surface area contributed by atoms with Gasteiger partial charge in [0.2, 0.25) is 5.91 Å². The van der Waals surface area contributed by atoms with Crippen LogP contribution in [0.3, 0.4) is 0 Å². The average Bonchev–Trinajstić information content (AvgIpc) is 2.80. The maximum absolute atomic E-state index is 12.3. The number of hydrogen-bond donors (Lipinski definition) is 3. The highest BCUT2D eigenvalue weighted by Crippen LogP contribution is 2.16. The molecule has 0 saturated carbocycles. The number of nitrogens with one attached hydrogen (secondary N) is 3. The Morgan fingerprint density at radius 1 is 1.30 bits per heavy atom. The van der Waals surface area contributed by atoms with Crippen LogP contribution in [0.15, 0.2) is 24.3 Å². The summed E-state index contributed by atoms with van der Waals surface area (Å²) in [4.78, 5) is 25.2. The minimum atomic E-state index is -0.00425. The van der Waals surface area contributed by atoms with Crippen molar-refractivity contribution in [2.45, 2.75) is 38.3 Å². The number of ether oxygens (including phenoxy) is 1. The van der Waals surface area contributed by atoms with Crippen LogP contribution >= 0.6 is 0 Å². The van der Waals surface area contributed by atoms with Gasteiger partial charge < -0.3 is 20.3 Å². The smallest absolute Gasteiger partial charge is 0.279 e. The molecule has 0 aromatic heterocycles. The van der Waals surface area contributed by atoms with E-state index in [4.69, 9.17) is 4.74 Å². The number of benzene rings is 1. The first kappa shape index (κ1) is 15.8. The molecule has 1 aromatic carbocycles. The molecule has 1 aromatic rings. The van der Waals surface area contributed by atoms with E-state index in [1.54, 1.807) is 0 Å². The van der Waals surface area contributed by atoms with Crippen molar-refractivity contribution in [2.75, 3.05) is 25.0 Å². The predicted molar refractivity (Wildman–Crippen MR) is 86.5 cm³/mol. The van der Waals surface area contributed by atoms with Gasteiger partial charge in [-0.2, -0.15) is 0 Å². The van der Waals surface area contributed by atoms with E-state index in [1.165, 1.54) is 4.90 Å². The molecular formula is C17H24N3O3+. The fourth-order valence-corrected chi connectivity index (χ4v) is 3.59. The molecule has 2 bridgehead atoms. The molecule has 0 radical (unpaired) electrons. The van der Waals surface area contributed by atoms with Crippen molar-refractivity contribution >= 4 is 17.5 Å². The zero-order valence-corrected chi connectivity index (χ0v) is 13.4. The largest absolute Gasteiger partial charge is 0.494 e. The fraction of sp³-hybridized carbons (Fsp3) is 0.529. The van der Waals surface area contributed by atoms with Crippen LogP contribution in [-0.4, -0.2) is 43.6 Å². The van der Waals surface area contributed by atoms with Crippen LogP contribution in [0, 0.1) is 0 Å². The quantitative estimate of drug-likeness (QED) is 0.713. The average molecular weight is 318 g/mol. The van der Waals surface area contributed by atoms with Gasteiger partial charge in [-0.15, -0.1) is 0 Å². The summed E-state index contributed by atoms with van der Waals surface area (Å²) < 4.78 is 5.39. The monoisotopic (exact) mass is 318 g/mol. The summed E-state index contributed by atoms with van der Waals surface area (Å²) in [5, 5.41) is 5.88. The Morgan fingerprint density at radius 3 is 2.78 bits per heavy atom. The van der Waals surface area contributed by atoms with Gasteiger partial charge in [0.25, 0.3) is 5.91 Å². The third-order valence-corrected chi connectivity index (χ3v) is 4.70. The minimum Gasteiger partial charge on any atom is -0.494 e. The van der Waals surface area contributed by atoms with E-state index in [-0.39, 0.29) is 17.9 Å². The van der Waals surface area contributed by atoms with Crippen LogP contribution in [-0.2, 0) is 9.59 Å². The summed E-state index contributed by atoms with van der Waals surface area (Å²) >= 11 is 0. The van der Waals surface area contributed by atoms with Crippen molar-refractivity contribution in [2.24, 2.45) is 0 Å². The van der Waals surface area contributed by atoms with Crippen LogP contribution in [0.5, 0.6) is 5.75 Å². The Hall–Kier alpha value is -2.08. The van der Waals surface area contributed by atoms with Crippen molar-refractivity contribution in [1.29, 1.82) is 0 Å². The van der Waals surface area contributed by atoms with Crippen LogP contribution in [0.25, 0.3) is 0 Å². The van der Waals surface area contributed by atoms with Gasteiger partial charge in [0.05, 0.1) is 25.6 Å². The lowest BCUT2D eigenvalue weighted by Crippen LogP contribution is -3.18. The molecule has 6 heteroatoms. The van der Waals surface area contributed by atoms with E-state index in [1.807, 2.05) is 31.2 Å². The molecule has 3 rings (SSSR count). The predicted octanol–water partition coefficient (Wildman–Crippen LogP) is -0.0404. The SMILES string of the molecule is CCOc1ccc(NC(=O)C[NH+]2[C@@H]3CC[C@H]2CC(=O)NC3)cc1. The molecule has 2 aliphatic rings. The topological polar surface area (TPSA) is 71.9 Å². The van der Waals surface area contributed by atoms with Crippen LogP contribution in [0.4, 0.5) is 5.69 Å². The Kier molecular flexibility index (Phi) is 4.81. The molecule has 3 atom stereocenters. The number of rotatable bonds is 5. The molecule has 2 aliphatic heterocycles. The van der Waals surface area contributed by atoms with Crippen LogP contribution in [0.1, 0.15) is 26.2 Å². The second kappa shape index (κ2) is 7.00. The molecule has 0 aliphatic carbocycles. The van der Waals surface area contributed by atoms with E-state index in [2.05, 4.69) is 10.6 Å². The van der Waals surface area contributed by atoms with Crippen molar-refractivity contribution < 1.29 is 19.2 Å². The molecule has 0 spiro atoms. The van der Waals surface area contributed by atoms with Gasteiger partial charge in [0, 0.05) is 18.5 Å². The zero-order valence-electron chi connectivity index (χ0n) is 13.4. The molecule has 124 valence electrons. The number of fused-ring (bicyclic) bond motifs is 2. The minimum absolute atomic E-state index is 0.00425. The molecule has 6 nitrogen and oxygen atoms in total. The van der Waals surface area contributed by atoms with Gasteiger partial charge in [-0.1, -0.05) is 0 Å². The van der Waals surface area contributed by atoms with Gasteiger partial charge in [-0.3, -0.25) is 9.59 Å². The second-order valence-corrected chi connectivity index (χ2v) is 6.24. The zero-order chi connectivity index (χ0) is 16.2. The lowest BCUT2D eigenvalue weighted by atomic mass is 10.1. The van der Waals surface area contributed by atoms with Gasteiger partial charge in [-0.05, 0) is 31.2 Å². The first-order valence-electron chi connectivity index (χ1n) is 8.30. The van der Waals surface area contributed by atoms with Crippen molar-refractivity contribution in [3.63, 3.8) is 0 Å². The summed E-state index contributed by atoms with van der Waals surface area (Å²) in [6.45, 7) is 3.66. The van der Waals surface area contributed by atoms with E-state index >= 15 is 0 Å². The van der Waals surface area contributed by atoms with Crippen molar-refractivity contribution in [1.82, 2.24) is 5.32 Å². The fourth-order valence-electron chi connectivity index (χ4n) is 3.59. The van der Waals surface area contributed by atoms with E-state index in [0.29, 0.717) is 32.2 Å². The highest BCUT2D eigenvalue weighted by molar-refractivity contribution is 5.91. The van der Waals surface area contributed by atoms with Gasteiger partial charge in [-0.25, -0.2) is 0 Å². The molecule has 3 N–H and O–H groups in total. The van der Waals surface area contributed by atoms with E-state index < -0.39 is 0 Å². The second-order valence-electron chi connectivity index (χ2n) is 6.24. The highest BCUT2D eigenvalue weighted by atomic mass is 16.5. The summed E-state index contributed by atoms with van der Waals surface area (Å²) in [6.07, 6.45) is 2.64. The van der Waals surface area contributed by atoms with E-state index in [9.17, 15) is 9.59 Å². The maximum Gasteiger partial charge on any atom is 0.279 e. The van der Waals surface area contributed by atoms with Crippen LogP contribution in [0.2, 0.25) is 0 Å².